The highest BCUT2D eigenvalue weighted by Crippen LogP contribution is 2.29. The van der Waals surface area contributed by atoms with Crippen LogP contribution in [-0.4, -0.2) is 46.6 Å². The predicted molar refractivity (Wildman–Crippen MR) is 135 cm³/mol. The van der Waals surface area contributed by atoms with Gasteiger partial charge in [-0.05, 0) is 49.2 Å². The summed E-state index contributed by atoms with van der Waals surface area (Å²) in [5.41, 5.74) is 1.37. The number of benzene rings is 2. The van der Waals surface area contributed by atoms with Gasteiger partial charge in [0, 0.05) is 24.6 Å². The number of nitrogens with zero attached hydrogens (tertiary/aromatic N) is 3. The second kappa shape index (κ2) is 11.4. The molecule has 1 aliphatic rings. The summed E-state index contributed by atoms with van der Waals surface area (Å²) in [5.74, 6) is 0.434. The number of aromatic nitrogens is 2. The van der Waals surface area contributed by atoms with E-state index < -0.39 is 0 Å². The molecular formula is C25H27ClN4O3S. The molecule has 3 aromatic rings. The molecule has 7 nitrogen and oxygen atoms in total. The van der Waals surface area contributed by atoms with Crippen molar-refractivity contribution in [3.63, 3.8) is 0 Å². The van der Waals surface area contributed by atoms with Gasteiger partial charge in [0.25, 0.3) is 5.91 Å². The van der Waals surface area contributed by atoms with Gasteiger partial charge in [-0.25, -0.2) is 0 Å². The molecule has 1 aliphatic carbocycles. The van der Waals surface area contributed by atoms with Gasteiger partial charge in [0.05, 0.1) is 17.7 Å². The van der Waals surface area contributed by atoms with Crippen molar-refractivity contribution >= 4 is 39.9 Å². The Morgan fingerprint density at radius 1 is 1.09 bits per heavy atom. The summed E-state index contributed by atoms with van der Waals surface area (Å²) in [7, 11) is 1.62. The zero-order chi connectivity index (χ0) is 23.9. The molecular weight excluding hydrogens is 472 g/mol. The maximum atomic E-state index is 13.3. The lowest BCUT2D eigenvalue weighted by atomic mass is 9.93. The van der Waals surface area contributed by atoms with Crippen LogP contribution in [0.4, 0.5) is 5.13 Å². The molecule has 0 radical (unpaired) electrons. The topological polar surface area (TPSA) is 84.4 Å². The molecule has 0 atom stereocenters. The summed E-state index contributed by atoms with van der Waals surface area (Å²) in [4.78, 5) is 27.8. The molecule has 4 rings (SSSR count). The first-order chi connectivity index (χ1) is 16.5. The monoisotopic (exact) mass is 498 g/mol. The SMILES string of the molecule is COc1ccc(-c2nnc(NC(=O)CCN(C(=O)c3ccccc3Cl)C3CCCCC3)s2)cc1. The largest absolute Gasteiger partial charge is 0.497 e. The van der Waals surface area contributed by atoms with Gasteiger partial charge in [-0.15, -0.1) is 10.2 Å². The van der Waals surface area contributed by atoms with Crippen molar-refractivity contribution in [1.29, 1.82) is 0 Å². The fourth-order valence-corrected chi connectivity index (χ4v) is 5.14. The predicted octanol–water partition coefficient (Wildman–Crippen LogP) is 5.67. The Bertz CT molecular complexity index is 1130. The number of carbonyl (C=O) groups excluding carboxylic acids is 2. The first kappa shape index (κ1) is 24.2. The Balaban J connectivity index is 1.40. The average molecular weight is 499 g/mol. The van der Waals surface area contributed by atoms with Crippen LogP contribution in [0.1, 0.15) is 48.9 Å². The van der Waals surface area contributed by atoms with Crippen LogP contribution in [0.25, 0.3) is 10.6 Å². The molecule has 1 fully saturated rings. The molecule has 0 saturated heterocycles. The molecule has 0 spiro atoms. The Morgan fingerprint density at radius 2 is 1.82 bits per heavy atom. The second-order valence-electron chi connectivity index (χ2n) is 8.21. The molecule has 1 saturated carbocycles. The van der Waals surface area contributed by atoms with Gasteiger partial charge in [0.15, 0.2) is 0 Å². The van der Waals surface area contributed by atoms with Crippen molar-refractivity contribution in [2.75, 3.05) is 19.0 Å². The van der Waals surface area contributed by atoms with E-state index in [0.29, 0.717) is 27.3 Å². The van der Waals surface area contributed by atoms with Crippen molar-refractivity contribution in [2.45, 2.75) is 44.6 Å². The molecule has 34 heavy (non-hydrogen) atoms. The first-order valence-electron chi connectivity index (χ1n) is 11.4. The Labute approximate surface area is 208 Å². The van der Waals surface area contributed by atoms with E-state index in [-0.39, 0.29) is 24.3 Å². The molecule has 1 N–H and O–H groups in total. The van der Waals surface area contributed by atoms with Crippen LogP contribution < -0.4 is 10.1 Å². The fourth-order valence-electron chi connectivity index (χ4n) is 4.16. The third-order valence-corrected chi connectivity index (χ3v) is 7.19. The summed E-state index contributed by atoms with van der Waals surface area (Å²) >= 11 is 7.60. The smallest absolute Gasteiger partial charge is 0.255 e. The summed E-state index contributed by atoms with van der Waals surface area (Å²) in [6.45, 7) is 0.324. The summed E-state index contributed by atoms with van der Waals surface area (Å²) in [6.07, 6.45) is 5.41. The lowest BCUT2D eigenvalue weighted by Gasteiger charge is -2.34. The van der Waals surface area contributed by atoms with Gasteiger partial charge in [-0.3, -0.25) is 9.59 Å². The normalized spacial score (nSPS) is 13.9. The minimum atomic E-state index is -0.204. The van der Waals surface area contributed by atoms with Gasteiger partial charge in [0.1, 0.15) is 10.8 Å². The number of hydrogen-bond donors (Lipinski definition) is 1. The molecule has 178 valence electrons. The first-order valence-corrected chi connectivity index (χ1v) is 12.6. The third-order valence-electron chi connectivity index (χ3n) is 5.97. The van der Waals surface area contributed by atoms with E-state index in [2.05, 4.69) is 15.5 Å². The van der Waals surface area contributed by atoms with E-state index >= 15 is 0 Å². The van der Waals surface area contributed by atoms with Gasteiger partial charge < -0.3 is 15.0 Å². The highest BCUT2D eigenvalue weighted by molar-refractivity contribution is 7.18. The summed E-state index contributed by atoms with van der Waals surface area (Å²) in [5, 5.41) is 12.6. The number of nitrogens with one attached hydrogen (secondary N) is 1. The number of halogens is 1. The van der Waals surface area contributed by atoms with E-state index in [1.54, 1.807) is 31.4 Å². The van der Waals surface area contributed by atoms with Crippen molar-refractivity contribution in [3.8, 4) is 16.3 Å². The maximum absolute atomic E-state index is 13.3. The molecule has 2 amide bonds. The fraction of sp³-hybridized carbons (Fsp3) is 0.360. The van der Waals surface area contributed by atoms with Crippen molar-refractivity contribution in [2.24, 2.45) is 0 Å². The Hall–Kier alpha value is -2.97. The maximum Gasteiger partial charge on any atom is 0.255 e. The zero-order valence-electron chi connectivity index (χ0n) is 19.0. The number of carbonyl (C=O) groups is 2. The van der Waals surface area contributed by atoms with Gasteiger partial charge >= 0.3 is 0 Å². The standard InChI is InChI=1S/C25H27ClN4O3S/c1-33-19-13-11-17(12-14-19)23-28-29-25(34-23)27-22(31)15-16-30(18-7-3-2-4-8-18)24(32)20-9-5-6-10-21(20)26/h5-6,9-14,18H,2-4,7-8,15-16H2,1H3,(H,27,29,31). The average Bonchev–Trinajstić information content (AvgIpc) is 3.33. The van der Waals surface area contributed by atoms with Crippen LogP contribution in [0.5, 0.6) is 5.75 Å². The van der Waals surface area contributed by atoms with E-state index in [4.69, 9.17) is 16.3 Å². The highest BCUT2D eigenvalue weighted by atomic mass is 35.5. The molecule has 2 aromatic carbocycles. The summed E-state index contributed by atoms with van der Waals surface area (Å²) in [6, 6.07) is 14.7. The van der Waals surface area contributed by atoms with E-state index in [1.165, 1.54) is 17.8 Å². The minimum absolute atomic E-state index is 0.119. The zero-order valence-corrected chi connectivity index (χ0v) is 20.6. The number of hydrogen-bond acceptors (Lipinski definition) is 6. The van der Waals surface area contributed by atoms with Crippen LogP contribution >= 0.6 is 22.9 Å². The number of methoxy groups -OCH3 is 1. The van der Waals surface area contributed by atoms with E-state index in [9.17, 15) is 9.59 Å². The molecule has 0 unspecified atom stereocenters. The lowest BCUT2D eigenvalue weighted by molar-refractivity contribution is -0.116. The Kier molecular flexibility index (Phi) is 8.13. The van der Waals surface area contributed by atoms with Crippen molar-refractivity contribution in [3.05, 3.63) is 59.1 Å². The Morgan fingerprint density at radius 3 is 2.53 bits per heavy atom. The van der Waals surface area contributed by atoms with Crippen LogP contribution in [0.15, 0.2) is 48.5 Å². The molecule has 9 heteroatoms. The molecule has 0 aliphatic heterocycles. The van der Waals surface area contributed by atoms with Gasteiger partial charge in [0.2, 0.25) is 11.0 Å². The van der Waals surface area contributed by atoms with Crippen LogP contribution in [0, 0.1) is 0 Å². The van der Waals surface area contributed by atoms with Crippen LogP contribution in [-0.2, 0) is 4.79 Å². The molecule has 0 bridgehead atoms. The van der Waals surface area contributed by atoms with E-state index in [0.717, 1.165) is 37.0 Å². The van der Waals surface area contributed by atoms with Crippen molar-refractivity contribution in [1.82, 2.24) is 15.1 Å². The quantitative estimate of drug-likeness (QED) is 0.432. The lowest BCUT2D eigenvalue weighted by Crippen LogP contribution is -2.43. The molecule has 1 aromatic heterocycles. The highest BCUT2D eigenvalue weighted by Gasteiger charge is 2.28. The second-order valence-corrected chi connectivity index (χ2v) is 9.59. The number of amides is 2. The third kappa shape index (κ3) is 5.93. The van der Waals surface area contributed by atoms with Gasteiger partial charge in [-0.1, -0.05) is 54.3 Å². The molecule has 1 heterocycles. The number of ether oxygens (including phenoxy) is 1. The summed E-state index contributed by atoms with van der Waals surface area (Å²) < 4.78 is 5.18. The minimum Gasteiger partial charge on any atom is -0.497 e. The van der Waals surface area contributed by atoms with Crippen LogP contribution in [0.3, 0.4) is 0 Å². The van der Waals surface area contributed by atoms with Crippen LogP contribution in [0.2, 0.25) is 5.02 Å². The number of rotatable bonds is 8. The van der Waals surface area contributed by atoms with E-state index in [1.807, 2.05) is 29.2 Å². The number of anilines is 1. The van der Waals surface area contributed by atoms with Crippen molar-refractivity contribution < 1.29 is 14.3 Å². The van der Waals surface area contributed by atoms with Gasteiger partial charge in [-0.2, -0.15) is 0 Å².